The van der Waals surface area contributed by atoms with Gasteiger partial charge in [0.1, 0.15) is 0 Å². The summed E-state index contributed by atoms with van der Waals surface area (Å²) in [4.78, 5) is 11.3. The Labute approximate surface area is 122 Å². The van der Waals surface area contributed by atoms with E-state index >= 15 is 0 Å². The van der Waals surface area contributed by atoms with Gasteiger partial charge in [-0.15, -0.1) is 0 Å². The molecule has 21 heavy (non-hydrogen) atoms. The summed E-state index contributed by atoms with van der Waals surface area (Å²) in [7, 11) is 4.40. The molecule has 0 saturated heterocycles. The van der Waals surface area contributed by atoms with Crippen molar-refractivity contribution in [2.24, 2.45) is 0 Å². The van der Waals surface area contributed by atoms with Gasteiger partial charge in [-0.1, -0.05) is 6.07 Å². The van der Waals surface area contributed by atoms with Crippen LogP contribution in [0.25, 0.3) is 0 Å². The summed E-state index contributed by atoms with van der Waals surface area (Å²) in [6, 6.07) is 6.88. The molecule has 1 heterocycles. The van der Waals surface area contributed by atoms with Crippen molar-refractivity contribution >= 4 is 5.97 Å². The van der Waals surface area contributed by atoms with E-state index in [1.165, 1.54) is 11.8 Å². The molecule has 0 spiro atoms. The third kappa shape index (κ3) is 3.25. The van der Waals surface area contributed by atoms with Crippen molar-refractivity contribution in [1.82, 2.24) is 9.78 Å². The molecule has 1 aromatic carbocycles. The Hall–Kier alpha value is -2.70. The minimum atomic E-state index is -0.497. The summed E-state index contributed by atoms with van der Waals surface area (Å²) < 4.78 is 22.2. The van der Waals surface area contributed by atoms with Crippen molar-refractivity contribution in [3.63, 3.8) is 0 Å². The molecule has 0 fully saturated rings. The Balaban J connectivity index is 2.13. The van der Waals surface area contributed by atoms with E-state index < -0.39 is 5.97 Å². The molecular formula is C14H16N2O5. The summed E-state index contributed by atoms with van der Waals surface area (Å²) in [5.41, 5.74) is 0.216. The van der Waals surface area contributed by atoms with Gasteiger partial charge >= 0.3 is 5.97 Å². The predicted molar refractivity (Wildman–Crippen MR) is 73.7 cm³/mol. The zero-order valence-corrected chi connectivity index (χ0v) is 12.0. The summed E-state index contributed by atoms with van der Waals surface area (Å²) >= 11 is 0. The van der Waals surface area contributed by atoms with E-state index in [-0.39, 0.29) is 12.4 Å². The zero-order valence-electron chi connectivity index (χ0n) is 12.0. The van der Waals surface area contributed by atoms with E-state index in [0.29, 0.717) is 17.2 Å². The van der Waals surface area contributed by atoms with Crippen molar-refractivity contribution < 1.29 is 23.7 Å². The molecule has 112 valence electrons. The molecule has 0 N–H and O–H groups in total. The molecule has 0 unspecified atom stereocenters. The minimum absolute atomic E-state index is 0.105. The fourth-order valence-electron chi connectivity index (χ4n) is 1.74. The second-order valence-corrected chi connectivity index (χ2v) is 4.00. The monoisotopic (exact) mass is 292 g/mol. The molecule has 0 aliphatic rings. The molecule has 0 saturated carbocycles. The van der Waals surface area contributed by atoms with Crippen LogP contribution in [0.5, 0.6) is 17.2 Å². The van der Waals surface area contributed by atoms with Crippen LogP contribution >= 0.6 is 0 Å². The van der Waals surface area contributed by atoms with Crippen LogP contribution < -0.4 is 14.2 Å². The highest BCUT2D eigenvalue weighted by Gasteiger charge is 2.13. The number of para-hydroxylation sites is 1. The molecule has 1 aromatic heterocycles. The lowest BCUT2D eigenvalue weighted by molar-refractivity contribution is 0.0591. The van der Waals surface area contributed by atoms with E-state index in [1.54, 1.807) is 44.7 Å². The maximum Gasteiger partial charge on any atom is 0.358 e. The number of aromatic nitrogens is 2. The van der Waals surface area contributed by atoms with Crippen molar-refractivity contribution in [3.05, 3.63) is 36.2 Å². The molecule has 2 rings (SSSR count). The summed E-state index contributed by atoms with van der Waals surface area (Å²) in [5, 5.41) is 4.04. The number of rotatable bonds is 6. The van der Waals surface area contributed by atoms with Crippen LogP contribution in [0, 0.1) is 0 Å². The number of hydrogen-bond acceptors (Lipinski definition) is 6. The first-order valence-corrected chi connectivity index (χ1v) is 6.15. The lowest BCUT2D eigenvalue weighted by Gasteiger charge is -2.13. The topological polar surface area (TPSA) is 71.8 Å². The Morgan fingerprint density at radius 3 is 2.38 bits per heavy atom. The first-order chi connectivity index (χ1) is 10.2. The molecule has 0 amide bonds. The smallest absolute Gasteiger partial charge is 0.358 e. The normalized spacial score (nSPS) is 10.0. The predicted octanol–water partition coefficient (Wildman–Crippen LogP) is 1.72. The Morgan fingerprint density at radius 2 is 1.81 bits per heavy atom. The lowest BCUT2D eigenvalue weighted by atomic mass is 10.3. The molecule has 7 nitrogen and oxygen atoms in total. The maximum atomic E-state index is 11.3. The van der Waals surface area contributed by atoms with Gasteiger partial charge in [0, 0.05) is 6.20 Å². The molecule has 0 radical (unpaired) electrons. The highest BCUT2D eigenvalue weighted by molar-refractivity contribution is 5.86. The number of ether oxygens (including phenoxy) is 4. The van der Waals surface area contributed by atoms with Crippen LogP contribution in [0.2, 0.25) is 0 Å². The quantitative estimate of drug-likeness (QED) is 0.755. The summed E-state index contributed by atoms with van der Waals surface area (Å²) in [5.74, 6) is 1.07. The van der Waals surface area contributed by atoms with Crippen LogP contribution in [0.4, 0.5) is 0 Å². The Morgan fingerprint density at radius 1 is 1.14 bits per heavy atom. The number of esters is 1. The average molecular weight is 292 g/mol. The number of carbonyl (C=O) groups is 1. The van der Waals surface area contributed by atoms with Gasteiger partial charge < -0.3 is 18.9 Å². The summed E-state index contributed by atoms with van der Waals surface area (Å²) in [6.45, 7) is 0.105. The lowest BCUT2D eigenvalue weighted by Crippen LogP contribution is -2.09. The molecule has 0 aliphatic carbocycles. The van der Waals surface area contributed by atoms with E-state index in [0.717, 1.165) is 0 Å². The van der Waals surface area contributed by atoms with Gasteiger partial charge in [0.25, 0.3) is 0 Å². The average Bonchev–Trinajstić information content (AvgIpc) is 3.00. The Bertz CT molecular complexity index is 601. The van der Waals surface area contributed by atoms with Crippen molar-refractivity contribution in [2.45, 2.75) is 6.73 Å². The van der Waals surface area contributed by atoms with Crippen LogP contribution in [0.1, 0.15) is 10.5 Å². The Kier molecular flexibility index (Phi) is 4.65. The second kappa shape index (κ2) is 6.65. The fraction of sp³-hybridized carbons (Fsp3) is 0.286. The number of carbonyl (C=O) groups excluding carboxylic acids is 1. The molecule has 0 bridgehead atoms. The van der Waals surface area contributed by atoms with Crippen LogP contribution in [-0.2, 0) is 11.5 Å². The number of nitrogens with zero attached hydrogens (tertiary/aromatic N) is 2. The number of hydrogen-bond donors (Lipinski definition) is 0. The van der Waals surface area contributed by atoms with E-state index in [9.17, 15) is 4.79 Å². The molecular weight excluding hydrogens is 276 g/mol. The fourth-order valence-corrected chi connectivity index (χ4v) is 1.74. The van der Waals surface area contributed by atoms with Gasteiger partial charge in [-0.2, -0.15) is 5.10 Å². The van der Waals surface area contributed by atoms with Crippen LogP contribution in [0.15, 0.2) is 30.5 Å². The van der Waals surface area contributed by atoms with Crippen molar-refractivity contribution in [2.75, 3.05) is 21.3 Å². The van der Waals surface area contributed by atoms with Gasteiger partial charge in [-0.05, 0) is 18.2 Å². The number of methoxy groups -OCH3 is 3. The molecule has 2 aromatic rings. The largest absolute Gasteiger partial charge is 0.493 e. The van der Waals surface area contributed by atoms with E-state index in [2.05, 4.69) is 9.84 Å². The van der Waals surface area contributed by atoms with Gasteiger partial charge in [-0.25, -0.2) is 9.48 Å². The third-order valence-corrected chi connectivity index (χ3v) is 2.76. The molecule has 7 heteroatoms. The zero-order chi connectivity index (χ0) is 15.2. The van der Waals surface area contributed by atoms with Gasteiger partial charge in [0.15, 0.2) is 23.9 Å². The molecule has 0 atom stereocenters. The number of benzene rings is 1. The second-order valence-electron chi connectivity index (χ2n) is 4.00. The van der Waals surface area contributed by atoms with Crippen LogP contribution in [-0.4, -0.2) is 37.1 Å². The standard InChI is InChI=1S/C14H16N2O5/c1-18-11-5-4-6-12(19-2)13(11)21-9-16-8-7-10(15-16)14(17)20-3/h4-8H,9H2,1-3H3. The first kappa shape index (κ1) is 14.7. The first-order valence-electron chi connectivity index (χ1n) is 6.15. The van der Waals surface area contributed by atoms with Crippen molar-refractivity contribution in [1.29, 1.82) is 0 Å². The summed E-state index contributed by atoms with van der Waals surface area (Å²) in [6.07, 6.45) is 1.62. The van der Waals surface area contributed by atoms with Crippen LogP contribution in [0.3, 0.4) is 0 Å². The SMILES string of the molecule is COC(=O)c1ccn(COc2c(OC)cccc2OC)n1. The van der Waals surface area contributed by atoms with Gasteiger partial charge in [0.2, 0.25) is 5.75 Å². The van der Waals surface area contributed by atoms with Gasteiger partial charge in [-0.3, -0.25) is 0 Å². The third-order valence-electron chi connectivity index (χ3n) is 2.76. The van der Waals surface area contributed by atoms with Gasteiger partial charge in [0.05, 0.1) is 21.3 Å². The minimum Gasteiger partial charge on any atom is -0.493 e. The van der Waals surface area contributed by atoms with Crippen molar-refractivity contribution in [3.8, 4) is 17.2 Å². The van der Waals surface area contributed by atoms with E-state index in [1.807, 2.05) is 0 Å². The molecule has 0 aliphatic heterocycles. The van der Waals surface area contributed by atoms with E-state index in [4.69, 9.17) is 14.2 Å². The highest BCUT2D eigenvalue weighted by atomic mass is 16.5. The highest BCUT2D eigenvalue weighted by Crippen LogP contribution is 2.36. The maximum absolute atomic E-state index is 11.3.